The Balaban J connectivity index is 3.03. The van der Waals surface area contributed by atoms with E-state index in [1.54, 1.807) is 0 Å². The van der Waals surface area contributed by atoms with E-state index in [2.05, 4.69) is 26.0 Å². The van der Waals surface area contributed by atoms with Gasteiger partial charge < -0.3 is 0 Å². The number of rotatable bonds is 3. The van der Waals surface area contributed by atoms with Gasteiger partial charge in [-0.2, -0.15) is 0 Å². The first-order valence-corrected chi connectivity index (χ1v) is 5.32. The van der Waals surface area contributed by atoms with E-state index in [4.69, 9.17) is 23.2 Å². The molecule has 1 atom stereocenters. The highest BCUT2D eigenvalue weighted by atomic mass is 35.5. The fourth-order valence-electron chi connectivity index (χ4n) is 1.30. The van der Waals surface area contributed by atoms with Gasteiger partial charge in [0.05, 0.1) is 0 Å². The van der Waals surface area contributed by atoms with Crippen LogP contribution in [-0.4, -0.2) is 4.84 Å². The first-order chi connectivity index (χ1) is 6.11. The normalized spacial score (nSPS) is 15.8. The molecule has 1 aromatic rings. The van der Waals surface area contributed by atoms with Gasteiger partial charge in [-0.15, -0.1) is 23.2 Å². The molecule has 0 aromatic heterocycles. The summed E-state index contributed by atoms with van der Waals surface area (Å²) >= 11 is 12.0. The Hall–Kier alpha value is -0.200. The highest BCUT2D eigenvalue weighted by Gasteiger charge is 2.31. The van der Waals surface area contributed by atoms with E-state index in [1.807, 2.05) is 18.2 Å². The molecule has 0 heterocycles. The summed E-state index contributed by atoms with van der Waals surface area (Å²) < 4.78 is 0. The van der Waals surface area contributed by atoms with Gasteiger partial charge in [-0.05, 0) is 12.0 Å². The lowest BCUT2D eigenvalue weighted by Gasteiger charge is -2.30. The number of alkyl halides is 2. The lowest BCUT2D eigenvalue weighted by atomic mass is 9.82. The van der Waals surface area contributed by atoms with Gasteiger partial charge in [-0.3, -0.25) is 0 Å². The molecule has 1 aromatic carbocycles. The van der Waals surface area contributed by atoms with E-state index in [0.29, 0.717) is 0 Å². The first kappa shape index (κ1) is 10.9. The van der Waals surface area contributed by atoms with Crippen LogP contribution >= 0.6 is 23.2 Å². The topological polar surface area (TPSA) is 0 Å². The number of benzene rings is 1. The Morgan fingerprint density at radius 1 is 1.23 bits per heavy atom. The summed E-state index contributed by atoms with van der Waals surface area (Å²) in [6.07, 6.45) is 0.939. The van der Waals surface area contributed by atoms with Crippen LogP contribution in [0.2, 0.25) is 0 Å². The molecule has 2 heteroatoms. The lowest BCUT2D eigenvalue weighted by molar-refractivity contribution is 0.489. The van der Waals surface area contributed by atoms with Crippen LogP contribution < -0.4 is 0 Å². The quantitative estimate of drug-likeness (QED) is 0.667. The van der Waals surface area contributed by atoms with Gasteiger partial charge in [-0.1, -0.05) is 44.2 Å². The molecule has 0 nitrogen and oxygen atoms in total. The molecule has 72 valence electrons. The molecule has 0 aliphatic heterocycles. The molecule has 0 saturated carbocycles. The summed E-state index contributed by atoms with van der Waals surface area (Å²) in [6, 6.07) is 10.2. The van der Waals surface area contributed by atoms with Crippen LogP contribution in [0.1, 0.15) is 25.8 Å². The third kappa shape index (κ3) is 2.18. The molecule has 0 spiro atoms. The van der Waals surface area contributed by atoms with Gasteiger partial charge in [-0.25, -0.2) is 0 Å². The molecule has 0 bridgehead atoms. The van der Waals surface area contributed by atoms with Gasteiger partial charge in [0.15, 0.2) is 0 Å². The fourth-order valence-corrected chi connectivity index (χ4v) is 1.86. The fraction of sp³-hybridized carbons (Fsp3) is 0.455. The van der Waals surface area contributed by atoms with Crippen molar-refractivity contribution in [3.8, 4) is 0 Å². The van der Waals surface area contributed by atoms with Gasteiger partial charge in [0, 0.05) is 5.41 Å². The largest absolute Gasteiger partial charge is 0.117 e. The van der Waals surface area contributed by atoms with Crippen LogP contribution in [0.4, 0.5) is 0 Å². The molecule has 0 fully saturated rings. The van der Waals surface area contributed by atoms with Crippen molar-refractivity contribution in [1.29, 1.82) is 0 Å². The predicted octanol–water partition coefficient (Wildman–Crippen LogP) is 4.16. The molecule has 0 N–H and O–H groups in total. The Bertz CT molecular complexity index is 256. The Morgan fingerprint density at radius 3 is 2.15 bits per heavy atom. The average molecular weight is 217 g/mol. The standard InChI is InChI=1S/C11H14Cl2/c1-3-11(2,10(12)13)9-7-5-4-6-8-9/h4-8,10H,3H2,1-2H3. The second kappa shape index (κ2) is 4.34. The molecular weight excluding hydrogens is 203 g/mol. The Morgan fingerprint density at radius 2 is 1.77 bits per heavy atom. The van der Waals surface area contributed by atoms with Gasteiger partial charge >= 0.3 is 0 Å². The van der Waals surface area contributed by atoms with E-state index in [-0.39, 0.29) is 10.3 Å². The molecule has 0 amide bonds. The zero-order valence-corrected chi connectivity index (χ0v) is 9.44. The molecule has 13 heavy (non-hydrogen) atoms. The summed E-state index contributed by atoms with van der Waals surface area (Å²) in [7, 11) is 0. The third-order valence-corrected chi connectivity index (χ3v) is 3.61. The zero-order valence-electron chi connectivity index (χ0n) is 7.93. The summed E-state index contributed by atoms with van der Waals surface area (Å²) in [6.45, 7) is 4.19. The molecule has 0 radical (unpaired) electrons. The van der Waals surface area contributed by atoms with Crippen LogP contribution in [0.3, 0.4) is 0 Å². The second-order valence-corrected chi connectivity index (χ2v) is 4.53. The maximum Gasteiger partial charge on any atom is 0.117 e. The SMILES string of the molecule is CCC(C)(c1ccccc1)C(Cl)Cl. The van der Waals surface area contributed by atoms with Crippen molar-refractivity contribution in [3.63, 3.8) is 0 Å². The van der Waals surface area contributed by atoms with Crippen LogP contribution in [0.15, 0.2) is 30.3 Å². The van der Waals surface area contributed by atoms with E-state index in [9.17, 15) is 0 Å². The van der Waals surface area contributed by atoms with Crippen molar-refractivity contribution >= 4 is 23.2 Å². The Labute approximate surface area is 89.9 Å². The van der Waals surface area contributed by atoms with Crippen molar-refractivity contribution in [1.82, 2.24) is 0 Å². The first-order valence-electron chi connectivity index (χ1n) is 4.45. The van der Waals surface area contributed by atoms with Crippen molar-refractivity contribution in [2.45, 2.75) is 30.5 Å². The minimum atomic E-state index is -0.361. The molecule has 0 saturated heterocycles. The number of hydrogen-bond donors (Lipinski definition) is 0. The summed E-state index contributed by atoms with van der Waals surface area (Å²) in [5.41, 5.74) is 1.07. The minimum Gasteiger partial charge on any atom is -0.104 e. The number of hydrogen-bond acceptors (Lipinski definition) is 0. The van der Waals surface area contributed by atoms with Crippen LogP contribution in [0, 0.1) is 0 Å². The third-order valence-electron chi connectivity index (χ3n) is 2.65. The second-order valence-electron chi connectivity index (χ2n) is 3.44. The van der Waals surface area contributed by atoms with E-state index < -0.39 is 0 Å². The molecule has 0 aliphatic rings. The predicted molar refractivity (Wildman–Crippen MR) is 59.6 cm³/mol. The number of halogens is 2. The van der Waals surface area contributed by atoms with Gasteiger partial charge in [0.1, 0.15) is 4.84 Å². The van der Waals surface area contributed by atoms with Crippen molar-refractivity contribution in [2.75, 3.05) is 0 Å². The maximum absolute atomic E-state index is 5.99. The van der Waals surface area contributed by atoms with E-state index in [0.717, 1.165) is 6.42 Å². The molecule has 0 aliphatic carbocycles. The lowest BCUT2D eigenvalue weighted by Crippen LogP contribution is -2.28. The van der Waals surface area contributed by atoms with Crippen LogP contribution in [0.25, 0.3) is 0 Å². The van der Waals surface area contributed by atoms with Crippen molar-refractivity contribution in [2.24, 2.45) is 0 Å². The molecule has 1 unspecified atom stereocenters. The highest BCUT2D eigenvalue weighted by molar-refractivity contribution is 6.45. The highest BCUT2D eigenvalue weighted by Crippen LogP contribution is 2.36. The van der Waals surface area contributed by atoms with E-state index >= 15 is 0 Å². The van der Waals surface area contributed by atoms with Crippen molar-refractivity contribution < 1.29 is 0 Å². The van der Waals surface area contributed by atoms with Crippen LogP contribution in [-0.2, 0) is 5.41 Å². The summed E-state index contributed by atoms with van der Waals surface area (Å²) in [5.74, 6) is 0. The molecule has 1 rings (SSSR count). The van der Waals surface area contributed by atoms with Gasteiger partial charge in [0.25, 0.3) is 0 Å². The van der Waals surface area contributed by atoms with Crippen molar-refractivity contribution in [3.05, 3.63) is 35.9 Å². The summed E-state index contributed by atoms with van der Waals surface area (Å²) in [4.78, 5) is -0.361. The van der Waals surface area contributed by atoms with Gasteiger partial charge in [0.2, 0.25) is 0 Å². The smallest absolute Gasteiger partial charge is 0.104 e. The summed E-state index contributed by atoms with van der Waals surface area (Å²) in [5, 5.41) is 0. The molecular formula is C11H14Cl2. The zero-order chi connectivity index (χ0) is 9.90. The monoisotopic (exact) mass is 216 g/mol. The average Bonchev–Trinajstić information content (AvgIpc) is 2.17. The minimum absolute atomic E-state index is 0.135. The van der Waals surface area contributed by atoms with E-state index in [1.165, 1.54) is 5.56 Å². The Kier molecular flexibility index (Phi) is 3.63. The maximum atomic E-state index is 5.99. The van der Waals surface area contributed by atoms with Crippen LogP contribution in [0.5, 0.6) is 0 Å².